The van der Waals surface area contributed by atoms with Gasteiger partial charge in [-0.1, -0.05) is 48.5 Å². The number of benzene rings is 3. The topological polar surface area (TPSA) is 72.2 Å². The van der Waals surface area contributed by atoms with Crippen LogP contribution in [-0.4, -0.2) is 25.7 Å². The number of hydrogen-bond acceptors (Lipinski definition) is 4. The van der Waals surface area contributed by atoms with Crippen LogP contribution in [0.25, 0.3) is 27.7 Å². The number of fused-ring (bicyclic) bond motifs is 2. The van der Waals surface area contributed by atoms with E-state index < -0.39 is 0 Å². The highest BCUT2D eigenvalue weighted by molar-refractivity contribution is 6.13. The summed E-state index contributed by atoms with van der Waals surface area (Å²) in [5.41, 5.74) is 3.71. The average molecular weight is 365 g/mol. The zero-order valence-corrected chi connectivity index (χ0v) is 14.8. The predicted octanol–water partition coefficient (Wildman–Crippen LogP) is 4.20. The molecule has 1 amide bonds. The van der Waals surface area contributed by atoms with E-state index in [4.69, 9.17) is 0 Å². The molecule has 6 nitrogen and oxygen atoms in total. The number of anilines is 1. The highest BCUT2D eigenvalue weighted by Gasteiger charge is 2.11. The molecule has 0 aliphatic rings. The zero-order chi connectivity index (χ0) is 18.9. The Kier molecular flexibility index (Phi) is 3.80. The van der Waals surface area contributed by atoms with Gasteiger partial charge >= 0.3 is 0 Å². The lowest BCUT2D eigenvalue weighted by Gasteiger charge is -2.09. The maximum absolute atomic E-state index is 12.9. The fourth-order valence-corrected chi connectivity index (χ4v) is 3.26. The number of nitrogens with zero attached hydrogens (tertiary/aromatic N) is 4. The van der Waals surface area contributed by atoms with Gasteiger partial charge in [0.25, 0.3) is 5.91 Å². The molecule has 0 unspecified atom stereocenters. The van der Waals surface area contributed by atoms with E-state index in [-0.39, 0.29) is 5.91 Å². The quantitative estimate of drug-likeness (QED) is 0.520. The molecule has 1 N–H and O–H groups in total. The molecule has 0 atom stereocenters. The fourth-order valence-electron chi connectivity index (χ4n) is 3.26. The van der Waals surface area contributed by atoms with Crippen molar-refractivity contribution in [1.29, 1.82) is 0 Å². The minimum atomic E-state index is -0.142. The molecule has 0 fully saturated rings. The van der Waals surface area contributed by atoms with Gasteiger partial charge in [-0.15, -0.1) is 10.2 Å². The van der Waals surface area contributed by atoms with Crippen molar-refractivity contribution < 1.29 is 4.79 Å². The Balaban J connectivity index is 1.47. The van der Waals surface area contributed by atoms with Gasteiger partial charge in [-0.3, -0.25) is 4.79 Å². The van der Waals surface area contributed by atoms with Crippen molar-refractivity contribution in [3.8, 4) is 11.3 Å². The molecule has 2 heterocycles. The molecule has 5 rings (SSSR count). The Morgan fingerprint density at radius 1 is 0.893 bits per heavy atom. The summed E-state index contributed by atoms with van der Waals surface area (Å²) in [6.07, 6.45) is 1.56. The number of nitrogens with one attached hydrogen (secondary N) is 1. The minimum absolute atomic E-state index is 0.142. The summed E-state index contributed by atoms with van der Waals surface area (Å²) >= 11 is 0. The van der Waals surface area contributed by atoms with Gasteiger partial charge in [0, 0.05) is 16.8 Å². The standard InChI is InChI=1S/C22H15N5O/c28-22(19-10-4-6-15-5-1-2-9-18(15)19)24-17-8-3-7-16(13-17)20-11-12-21-25-23-14-27(21)26-20/h1-14H,(H,24,28). The van der Waals surface area contributed by atoms with Crippen molar-refractivity contribution in [3.63, 3.8) is 0 Å². The zero-order valence-electron chi connectivity index (χ0n) is 14.8. The van der Waals surface area contributed by atoms with E-state index in [1.807, 2.05) is 78.9 Å². The molecular weight excluding hydrogens is 350 g/mol. The number of rotatable bonds is 3. The number of hydrogen-bond donors (Lipinski definition) is 1. The van der Waals surface area contributed by atoms with E-state index in [0.717, 1.165) is 22.0 Å². The van der Waals surface area contributed by atoms with E-state index >= 15 is 0 Å². The molecule has 5 aromatic rings. The highest BCUT2D eigenvalue weighted by Crippen LogP contribution is 2.23. The lowest BCUT2D eigenvalue weighted by atomic mass is 10.0. The van der Waals surface area contributed by atoms with E-state index in [1.54, 1.807) is 10.8 Å². The first-order valence-corrected chi connectivity index (χ1v) is 8.84. The second-order valence-corrected chi connectivity index (χ2v) is 6.41. The maximum Gasteiger partial charge on any atom is 0.256 e. The van der Waals surface area contributed by atoms with Crippen molar-refractivity contribution in [3.05, 3.63) is 90.8 Å². The monoisotopic (exact) mass is 365 g/mol. The summed E-state index contributed by atoms with van der Waals surface area (Å²) < 4.78 is 1.62. The van der Waals surface area contributed by atoms with E-state index in [2.05, 4.69) is 20.6 Å². The average Bonchev–Trinajstić information content (AvgIpc) is 3.21. The molecule has 3 aromatic carbocycles. The van der Waals surface area contributed by atoms with E-state index in [9.17, 15) is 4.79 Å². The van der Waals surface area contributed by atoms with Gasteiger partial charge in [0.05, 0.1) is 5.69 Å². The summed E-state index contributed by atoms with van der Waals surface area (Å²) in [6.45, 7) is 0. The van der Waals surface area contributed by atoms with Gasteiger partial charge in [0.2, 0.25) is 0 Å². The predicted molar refractivity (Wildman–Crippen MR) is 108 cm³/mol. The van der Waals surface area contributed by atoms with Crippen LogP contribution >= 0.6 is 0 Å². The van der Waals surface area contributed by atoms with Crippen molar-refractivity contribution in [1.82, 2.24) is 19.8 Å². The first-order valence-electron chi connectivity index (χ1n) is 8.84. The van der Waals surface area contributed by atoms with Crippen LogP contribution in [0.5, 0.6) is 0 Å². The Morgan fingerprint density at radius 2 is 1.75 bits per heavy atom. The summed E-state index contributed by atoms with van der Waals surface area (Å²) in [7, 11) is 0. The van der Waals surface area contributed by atoms with Gasteiger partial charge in [-0.2, -0.15) is 9.61 Å². The SMILES string of the molecule is O=C(Nc1cccc(-c2ccc3nncn3n2)c1)c1cccc2ccccc12. The second-order valence-electron chi connectivity index (χ2n) is 6.41. The fraction of sp³-hybridized carbons (Fsp3) is 0. The van der Waals surface area contributed by atoms with E-state index in [1.165, 1.54) is 0 Å². The van der Waals surface area contributed by atoms with Gasteiger partial charge < -0.3 is 5.32 Å². The maximum atomic E-state index is 12.9. The van der Waals surface area contributed by atoms with Gasteiger partial charge in [-0.25, -0.2) is 0 Å². The summed E-state index contributed by atoms with van der Waals surface area (Å²) in [6, 6.07) is 24.9. The van der Waals surface area contributed by atoms with Gasteiger partial charge in [0.1, 0.15) is 6.33 Å². The summed E-state index contributed by atoms with van der Waals surface area (Å²) in [4.78, 5) is 12.9. The highest BCUT2D eigenvalue weighted by atomic mass is 16.1. The number of carbonyl (C=O) groups excluding carboxylic acids is 1. The van der Waals surface area contributed by atoms with Crippen LogP contribution in [-0.2, 0) is 0 Å². The first-order chi connectivity index (χ1) is 13.8. The van der Waals surface area contributed by atoms with E-state index in [0.29, 0.717) is 16.9 Å². The molecule has 0 radical (unpaired) electrons. The van der Waals surface area contributed by atoms with Crippen LogP contribution in [0.3, 0.4) is 0 Å². The third-order valence-electron chi connectivity index (χ3n) is 4.61. The molecule has 2 aromatic heterocycles. The Morgan fingerprint density at radius 3 is 2.71 bits per heavy atom. The molecule has 0 bridgehead atoms. The van der Waals surface area contributed by atoms with Crippen molar-refractivity contribution >= 4 is 28.0 Å². The third kappa shape index (κ3) is 2.87. The van der Waals surface area contributed by atoms with Crippen molar-refractivity contribution in [2.75, 3.05) is 5.32 Å². The van der Waals surface area contributed by atoms with Crippen LogP contribution in [0.15, 0.2) is 85.2 Å². The molecule has 0 aliphatic heterocycles. The Bertz CT molecular complexity index is 1320. The normalized spacial score (nSPS) is 11.0. The number of amides is 1. The molecule has 0 spiro atoms. The molecule has 134 valence electrons. The van der Waals surface area contributed by atoms with Crippen molar-refractivity contribution in [2.45, 2.75) is 0 Å². The Hall–Kier alpha value is -4.06. The smallest absolute Gasteiger partial charge is 0.256 e. The molecule has 0 saturated heterocycles. The molecular formula is C22H15N5O. The largest absolute Gasteiger partial charge is 0.322 e. The Labute approximate surface area is 160 Å². The van der Waals surface area contributed by atoms with Crippen LogP contribution < -0.4 is 5.32 Å². The molecule has 0 aliphatic carbocycles. The van der Waals surface area contributed by atoms with Gasteiger partial charge in [-0.05, 0) is 41.1 Å². The van der Waals surface area contributed by atoms with Gasteiger partial charge in [0.15, 0.2) is 5.65 Å². The number of carbonyl (C=O) groups is 1. The second kappa shape index (κ2) is 6.59. The number of aromatic nitrogens is 4. The molecule has 6 heteroatoms. The van der Waals surface area contributed by atoms with Crippen LogP contribution in [0, 0.1) is 0 Å². The first kappa shape index (κ1) is 16.1. The van der Waals surface area contributed by atoms with Crippen LogP contribution in [0.1, 0.15) is 10.4 Å². The van der Waals surface area contributed by atoms with Crippen LogP contribution in [0.4, 0.5) is 5.69 Å². The lowest BCUT2D eigenvalue weighted by molar-refractivity contribution is 0.102. The summed E-state index contributed by atoms with van der Waals surface area (Å²) in [5.74, 6) is -0.142. The third-order valence-corrected chi connectivity index (χ3v) is 4.61. The minimum Gasteiger partial charge on any atom is -0.322 e. The molecule has 0 saturated carbocycles. The van der Waals surface area contributed by atoms with Crippen molar-refractivity contribution in [2.24, 2.45) is 0 Å². The van der Waals surface area contributed by atoms with Crippen LogP contribution in [0.2, 0.25) is 0 Å². The molecule has 28 heavy (non-hydrogen) atoms. The lowest BCUT2D eigenvalue weighted by Crippen LogP contribution is -2.12. The summed E-state index contributed by atoms with van der Waals surface area (Å²) in [5, 5.41) is 17.3.